The number of hydrogen-bond donors (Lipinski definition) is 0. The Hall–Kier alpha value is -1.04. The SMILES string of the molecule is C1=CON(ON2CC=CO2)C1. The molecule has 2 rings (SSSR count). The predicted molar refractivity (Wildman–Crippen MR) is 34.9 cm³/mol. The van der Waals surface area contributed by atoms with Crippen molar-refractivity contribution in [2.75, 3.05) is 13.1 Å². The molecule has 0 bridgehead atoms. The van der Waals surface area contributed by atoms with E-state index in [9.17, 15) is 0 Å². The van der Waals surface area contributed by atoms with Gasteiger partial charge in [0.1, 0.15) is 12.5 Å². The molecule has 2 aliphatic heterocycles. The van der Waals surface area contributed by atoms with Crippen molar-refractivity contribution in [2.24, 2.45) is 0 Å². The highest BCUT2D eigenvalue weighted by Crippen LogP contribution is 2.08. The van der Waals surface area contributed by atoms with Gasteiger partial charge in [0.25, 0.3) is 0 Å². The fraction of sp³-hybridized carbons (Fsp3) is 0.333. The molecule has 0 atom stereocenters. The van der Waals surface area contributed by atoms with Crippen LogP contribution in [0.3, 0.4) is 0 Å². The van der Waals surface area contributed by atoms with Gasteiger partial charge in [-0.05, 0) is 12.2 Å². The standard InChI is InChI=1S/C6H8N2O3/c1-3-7(9-5-1)11-8-4-2-6-10-8/h1-2,5-6H,3-4H2. The Morgan fingerprint density at radius 2 is 1.55 bits per heavy atom. The molecule has 5 nitrogen and oxygen atoms in total. The molecule has 0 aromatic rings. The third-order valence-corrected chi connectivity index (χ3v) is 1.24. The van der Waals surface area contributed by atoms with Crippen molar-refractivity contribution in [1.29, 1.82) is 0 Å². The summed E-state index contributed by atoms with van der Waals surface area (Å²) < 4.78 is 0. The van der Waals surface area contributed by atoms with Crippen LogP contribution in [0.15, 0.2) is 24.7 Å². The second kappa shape index (κ2) is 2.91. The van der Waals surface area contributed by atoms with Crippen molar-refractivity contribution in [3.63, 3.8) is 0 Å². The van der Waals surface area contributed by atoms with Crippen molar-refractivity contribution in [1.82, 2.24) is 10.5 Å². The van der Waals surface area contributed by atoms with Gasteiger partial charge in [-0.25, -0.2) is 0 Å². The molecule has 0 aromatic carbocycles. The second-order valence-electron chi connectivity index (χ2n) is 2.07. The summed E-state index contributed by atoms with van der Waals surface area (Å²) in [5, 5.41) is 2.62. The molecule has 0 saturated carbocycles. The highest BCUT2D eigenvalue weighted by atomic mass is 17.1. The average molecular weight is 156 g/mol. The maximum atomic E-state index is 5.07. The lowest BCUT2D eigenvalue weighted by molar-refractivity contribution is -0.494. The van der Waals surface area contributed by atoms with Gasteiger partial charge in [-0.2, -0.15) is 0 Å². The summed E-state index contributed by atoms with van der Waals surface area (Å²) in [4.78, 5) is 14.9. The van der Waals surface area contributed by atoms with E-state index in [1.165, 1.54) is 10.5 Å². The van der Waals surface area contributed by atoms with Crippen LogP contribution in [0.5, 0.6) is 0 Å². The minimum Gasteiger partial charge on any atom is -0.387 e. The van der Waals surface area contributed by atoms with Crippen molar-refractivity contribution in [3.05, 3.63) is 24.7 Å². The Morgan fingerprint density at radius 1 is 1.00 bits per heavy atom. The topological polar surface area (TPSA) is 34.2 Å². The molecule has 0 unspecified atom stereocenters. The van der Waals surface area contributed by atoms with E-state index in [0.29, 0.717) is 13.1 Å². The third kappa shape index (κ3) is 1.51. The predicted octanol–water partition coefficient (Wildman–Crippen LogP) is 0.355. The molecule has 0 amide bonds. The molecule has 2 aliphatic rings. The Labute approximate surface area is 63.8 Å². The van der Waals surface area contributed by atoms with Gasteiger partial charge in [0, 0.05) is 10.5 Å². The lowest BCUT2D eigenvalue weighted by Gasteiger charge is -2.18. The summed E-state index contributed by atoms with van der Waals surface area (Å²) >= 11 is 0. The molecule has 0 radical (unpaired) electrons. The summed E-state index contributed by atoms with van der Waals surface area (Å²) in [5.41, 5.74) is 0. The monoisotopic (exact) mass is 156 g/mol. The normalized spacial score (nSPS) is 24.0. The molecule has 2 heterocycles. The van der Waals surface area contributed by atoms with Crippen LogP contribution >= 0.6 is 0 Å². The highest BCUT2D eigenvalue weighted by molar-refractivity contribution is 4.80. The van der Waals surface area contributed by atoms with E-state index in [2.05, 4.69) is 0 Å². The molecular formula is C6H8N2O3. The maximum absolute atomic E-state index is 5.07. The van der Waals surface area contributed by atoms with E-state index in [0.717, 1.165) is 0 Å². The van der Waals surface area contributed by atoms with Gasteiger partial charge in [-0.1, -0.05) is 0 Å². The van der Waals surface area contributed by atoms with E-state index in [4.69, 9.17) is 14.6 Å². The first-order chi connectivity index (χ1) is 5.45. The van der Waals surface area contributed by atoms with Gasteiger partial charge >= 0.3 is 0 Å². The van der Waals surface area contributed by atoms with Crippen LogP contribution in [-0.2, 0) is 14.6 Å². The molecular weight excluding hydrogens is 148 g/mol. The van der Waals surface area contributed by atoms with Gasteiger partial charge in [-0.3, -0.25) is 0 Å². The average Bonchev–Trinajstić information content (AvgIpc) is 2.60. The van der Waals surface area contributed by atoms with Crippen LogP contribution in [0.25, 0.3) is 0 Å². The zero-order chi connectivity index (χ0) is 7.52. The van der Waals surface area contributed by atoms with E-state index < -0.39 is 0 Å². The summed E-state index contributed by atoms with van der Waals surface area (Å²) in [6.45, 7) is 1.22. The van der Waals surface area contributed by atoms with Gasteiger partial charge in [0.2, 0.25) is 0 Å². The minimum atomic E-state index is 0.611. The third-order valence-electron chi connectivity index (χ3n) is 1.24. The van der Waals surface area contributed by atoms with Crippen molar-refractivity contribution in [3.8, 4) is 0 Å². The molecule has 0 fully saturated rings. The number of hydrogen-bond acceptors (Lipinski definition) is 5. The van der Waals surface area contributed by atoms with Crippen molar-refractivity contribution in [2.45, 2.75) is 0 Å². The first kappa shape index (κ1) is 6.66. The smallest absolute Gasteiger partial charge is 0.112 e. The Kier molecular flexibility index (Phi) is 1.76. The van der Waals surface area contributed by atoms with Gasteiger partial charge < -0.3 is 9.68 Å². The van der Waals surface area contributed by atoms with E-state index in [-0.39, 0.29) is 0 Å². The Bertz CT molecular complexity index is 156. The molecule has 0 spiro atoms. The first-order valence-electron chi connectivity index (χ1n) is 3.32. The molecule has 60 valence electrons. The van der Waals surface area contributed by atoms with Crippen LogP contribution in [0.2, 0.25) is 0 Å². The van der Waals surface area contributed by atoms with Gasteiger partial charge in [0.15, 0.2) is 0 Å². The fourth-order valence-electron chi connectivity index (χ4n) is 0.773. The van der Waals surface area contributed by atoms with Crippen LogP contribution in [0.4, 0.5) is 0 Å². The van der Waals surface area contributed by atoms with E-state index >= 15 is 0 Å². The lowest BCUT2D eigenvalue weighted by Crippen LogP contribution is -2.30. The lowest BCUT2D eigenvalue weighted by atomic mass is 10.7. The van der Waals surface area contributed by atoms with Gasteiger partial charge in [-0.15, -0.1) is 4.94 Å². The number of rotatable bonds is 2. The fourth-order valence-corrected chi connectivity index (χ4v) is 0.773. The molecule has 0 N–H and O–H groups in total. The Morgan fingerprint density at radius 3 is 1.91 bits per heavy atom. The second-order valence-corrected chi connectivity index (χ2v) is 2.07. The number of nitrogens with zero attached hydrogens (tertiary/aromatic N) is 2. The Balaban J connectivity index is 1.73. The zero-order valence-electron chi connectivity index (χ0n) is 5.84. The van der Waals surface area contributed by atoms with Crippen LogP contribution < -0.4 is 0 Å². The van der Waals surface area contributed by atoms with Crippen LogP contribution in [0, 0.1) is 0 Å². The van der Waals surface area contributed by atoms with Crippen LogP contribution in [-0.4, -0.2) is 23.5 Å². The van der Waals surface area contributed by atoms with Crippen molar-refractivity contribution >= 4 is 0 Å². The molecule has 0 saturated heterocycles. The minimum absolute atomic E-state index is 0.611. The number of hydroxylamine groups is 4. The summed E-state index contributed by atoms with van der Waals surface area (Å²) in [5.74, 6) is 0. The molecule has 5 heteroatoms. The highest BCUT2D eigenvalue weighted by Gasteiger charge is 2.16. The first-order valence-corrected chi connectivity index (χ1v) is 3.32. The van der Waals surface area contributed by atoms with Crippen LogP contribution in [0.1, 0.15) is 0 Å². The molecule has 11 heavy (non-hydrogen) atoms. The summed E-state index contributed by atoms with van der Waals surface area (Å²) in [7, 11) is 0. The quantitative estimate of drug-likeness (QED) is 0.576. The zero-order valence-corrected chi connectivity index (χ0v) is 5.84. The maximum Gasteiger partial charge on any atom is 0.112 e. The summed E-state index contributed by atoms with van der Waals surface area (Å²) in [6, 6.07) is 0. The van der Waals surface area contributed by atoms with E-state index in [1.54, 1.807) is 12.5 Å². The molecule has 0 aliphatic carbocycles. The van der Waals surface area contributed by atoms with Gasteiger partial charge in [0.05, 0.1) is 13.1 Å². The summed E-state index contributed by atoms with van der Waals surface area (Å²) in [6.07, 6.45) is 6.79. The van der Waals surface area contributed by atoms with E-state index in [1.807, 2.05) is 12.2 Å². The van der Waals surface area contributed by atoms with Crippen molar-refractivity contribution < 1.29 is 14.6 Å². The molecule has 0 aromatic heterocycles. The largest absolute Gasteiger partial charge is 0.387 e.